The SMILES string of the molecule is NN1CCC2(CCCO2)CC1. The van der Waals surface area contributed by atoms with Gasteiger partial charge in [0.15, 0.2) is 0 Å². The Labute approximate surface area is 67.5 Å². The molecular weight excluding hydrogens is 140 g/mol. The maximum atomic E-state index is 5.75. The van der Waals surface area contributed by atoms with Crippen molar-refractivity contribution in [3.05, 3.63) is 0 Å². The number of piperidine rings is 1. The normalized spacial score (nSPS) is 31.4. The van der Waals surface area contributed by atoms with Gasteiger partial charge in [0.05, 0.1) is 5.60 Å². The molecule has 3 nitrogen and oxygen atoms in total. The van der Waals surface area contributed by atoms with Crippen molar-refractivity contribution in [3.63, 3.8) is 0 Å². The van der Waals surface area contributed by atoms with Crippen LogP contribution in [0.3, 0.4) is 0 Å². The second-order valence-electron chi connectivity index (χ2n) is 3.67. The minimum absolute atomic E-state index is 0.232. The summed E-state index contributed by atoms with van der Waals surface area (Å²) in [5, 5.41) is 1.90. The van der Waals surface area contributed by atoms with E-state index in [-0.39, 0.29) is 5.60 Å². The highest BCUT2D eigenvalue weighted by Gasteiger charge is 2.37. The molecular formula is C8H16N2O. The first-order valence-corrected chi connectivity index (χ1v) is 4.44. The highest BCUT2D eigenvalue weighted by Crippen LogP contribution is 2.34. The van der Waals surface area contributed by atoms with Gasteiger partial charge < -0.3 is 4.74 Å². The molecule has 2 heterocycles. The zero-order valence-electron chi connectivity index (χ0n) is 6.88. The van der Waals surface area contributed by atoms with Crippen LogP contribution in [0.4, 0.5) is 0 Å². The van der Waals surface area contributed by atoms with Crippen molar-refractivity contribution in [1.29, 1.82) is 0 Å². The van der Waals surface area contributed by atoms with E-state index in [2.05, 4.69) is 0 Å². The molecule has 1 spiro atoms. The lowest BCUT2D eigenvalue weighted by Gasteiger charge is -2.36. The molecule has 0 atom stereocenters. The third-order valence-electron chi connectivity index (χ3n) is 2.89. The number of nitrogens with two attached hydrogens (primary N) is 1. The largest absolute Gasteiger partial charge is 0.375 e. The van der Waals surface area contributed by atoms with Gasteiger partial charge in [-0.15, -0.1) is 0 Å². The zero-order valence-corrected chi connectivity index (χ0v) is 6.88. The lowest BCUT2D eigenvalue weighted by Crippen LogP contribution is -2.46. The van der Waals surface area contributed by atoms with Crippen LogP contribution in [0.1, 0.15) is 25.7 Å². The van der Waals surface area contributed by atoms with Crippen molar-refractivity contribution in [2.75, 3.05) is 19.7 Å². The fraction of sp³-hybridized carbons (Fsp3) is 1.00. The Morgan fingerprint density at radius 1 is 1.18 bits per heavy atom. The number of hydrazine groups is 1. The number of hydrogen-bond donors (Lipinski definition) is 1. The number of rotatable bonds is 0. The van der Waals surface area contributed by atoms with Crippen LogP contribution in [0.2, 0.25) is 0 Å². The third kappa shape index (κ3) is 1.41. The number of hydrogen-bond acceptors (Lipinski definition) is 3. The third-order valence-corrected chi connectivity index (χ3v) is 2.89. The zero-order chi connectivity index (χ0) is 7.73. The van der Waals surface area contributed by atoms with Crippen LogP contribution in [-0.2, 0) is 4.74 Å². The molecule has 0 aromatic heterocycles. The van der Waals surface area contributed by atoms with Gasteiger partial charge in [-0.2, -0.15) is 0 Å². The highest BCUT2D eigenvalue weighted by molar-refractivity contribution is 4.89. The van der Waals surface area contributed by atoms with Crippen molar-refractivity contribution in [1.82, 2.24) is 5.01 Å². The van der Waals surface area contributed by atoms with Gasteiger partial charge in [-0.3, -0.25) is 5.84 Å². The summed E-state index contributed by atoms with van der Waals surface area (Å²) >= 11 is 0. The Morgan fingerprint density at radius 2 is 1.91 bits per heavy atom. The molecule has 0 saturated carbocycles. The molecule has 2 aliphatic heterocycles. The summed E-state index contributed by atoms with van der Waals surface area (Å²) < 4.78 is 5.75. The van der Waals surface area contributed by atoms with Crippen molar-refractivity contribution in [2.24, 2.45) is 5.84 Å². The second-order valence-corrected chi connectivity index (χ2v) is 3.67. The molecule has 0 unspecified atom stereocenters. The molecule has 2 aliphatic rings. The van der Waals surface area contributed by atoms with Crippen LogP contribution in [0.15, 0.2) is 0 Å². The van der Waals surface area contributed by atoms with E-state index in [1.165, 1.54) is 12.8 Å². The summed E-state index contributed by atoms with van der Waals surface area (Å²) in [4.78, 5) is 0. The lowest BCUT2D eigenvalue weighted by molar-refractivity contribution is -0.0435. The molecule has 0 bridgehead atoms. The summed E-state index contributed by atoms with van der Waals surface area (Å²) in [7, 11) is 0. The van der Waals surface area contributed by atoms with E-state index in [0.717, 1.165) is 32.5 Å². The maximum absolute atomic E-state index is 5.75. The van der Waals surface area contributed by atoms with Crippen molar-refractivity contribution < 1.29 is 4.74 Å². The Morgan fingerprint density at radius 3 is 2.45 bits per heavy atom. The smallest absolute Gasteiger partial charge is 0.0708 e. The monoisotopic (exact) mass is 156 g/mol. The number of nitrogens with zero attached hydrogens (tertiary/aromatic N) is 1. The molecule has 64 valence electrons. The van der Waals surface area contributed by atoms with Crippen LogP contribution in [0.5, 0.6) is 0 Å². The van der Waals surface area contributed by atoms with Crippen molar-refractivity contribution >= 4 is 0 Å². The van der Waals surface area contributed by atoms with Crippen LogP contribution < -0.4 is 5.84 Å². The summed E-state index contributed by atoms with van der Waals surface area (Å²) in [6.07, 6.45) is 4.75. The Kier molecular flexibility index (Phi) is 1.87. The Bertz CT molecular complexity index is 133. The van der Waals surface area contributed by atoms with Gasteiger partial charge in [-0.25, -0.2) is 5.01 Å². The molecule has 0 radical (unpaired) electrons. The Hall–Kier alpha value is -0.120. The van der Waals surface area contributed by atoms with Crippen LogP contribution in [0, 0.1) is 0 Å². The van der Waals surface area contributed by atoms with Gasteiger partial charge in [0, 0.05) is 19.7 Å². The minimum Gasteiger partial charge on any atom is -0.375 e. The van der Waals surface area contributed by atoms with Gasteiger partial charge in [0.2, 0.25) is 0 Å². The summed E-state index contributed by atoms with van der Waals surface area (Å²) in [5.41, 5.74) is 0.232. The standard InChI is InChI=1S/C8H16N2O/c9-10-5-3-8(4-6-10)2-1-7-11-8/h1-7,9H2. The molecule has 0 aromatic carbocycles. The van der Waals surface area contributed by atoms with E-state index in [4.69, 9.17) is 10.6 Å². The van der Waals surface area contributed by atoms with Gasteiger partial charge in [0.1, 0.15) is 0 Å². The van der Waals surface area contributed by atoms with E-state index < -0.39 is 0 Å². The minimum atomic E-state index is 0.232. The lowest BCUT2D eigenvalue weighted by atomic mass is 9.89. The van der Waals surface area contributed by atoms with E-state index in [1.54, 1.807) is 0 Å². The summed E-state index contributed by atoms with van der Waals surface area (Å²) in [5.74, 6) is 5.66. The highest BCUT2D eigenvalue weighted by atomic mass is 16.5. The van der Waals surface area contributed by atoms with Crippen LogP contribution in [0.25, 0.3) is 0 Å². The predicted molar refractivity (Wildman–Crippen MR) is 42.9 cm³/mol. The van der Waals surface area contributed by atoms with E-state index in [9.17, 15) is 0 Å². The van der Waals surface area contributed by atoms with Gasteiger partial charge >= 0.3 is 0 Å². The van der Waals surface area contributed by atoms with Crippen molar-refractivity contribution in [2.45, 2.75) is 31.3 Å². The summed E-state index contributed by atoms with van der Waals surface area (Å²) in [6, 6.07) is 0. The summed E-state index contributed by atoms with van der Waals surface area (Å²) in [6.45, 7) is 2.96. The first-order valence-electron chi connectivity index (χ1n) is 4.44. The quantitative estimate of drug-likeness (QED) is 0.519. The van der Waals surface area contributed by atoms with Gasteiger partial charge in [-0.05, 0) is 25.7 Å². The molecule has 2 rings (SSSR count). The fourth-order valence-corrected chi connectivity index (χ4v) is 2.08. The van der Waals surface area contributed by atoms with Crippen LogP contribution >= 0.6 is 0 Å². The van der Waals surface area contributed by atoms with E-state index in [0.29, 0.717) is 0 Å². The van der Waals surface area contributed by atoms with E-state index in [1.807, 2.05) is 5.01 Å². The molecule has 2 fully saturated rings. The Balaban J connectivity index is 1.94. The average Bonchev–Trinajstić information content (AvgIpc) is 2.45. The first-order chi connectivity index (χ1) is 5.31. The molecule has 3 heteroatoms. The predicted octanol–water partition coefficient (Wildman–Crippen LogP) is 0.505. The van der Waals surface area contributed by atoms with Crippen LogP contribution in [-0.4, -0.2) is 30.3 Å². The molecule has 0 aromatic rings. The molecule has 0 aliphatic carbocycles. The van der Waals surface area contributed by atoms with E-state index >= 15 is 0 Å². The molecule has 11 heavy (non-hydrogen) atoms. The van der Waals surface area contributed by atoms with Gasteiger partial charge in [-0.1, -0.05) is 0 Å². The second kappa shape index (κ2) is 2.73. The number of ether oxygens (including phenoxy) is 1. The molecule has 2 saturated heterocycles. The van der Waals surface area contributed by atoms with Gasteiger partial charge in [0.25, 0.3) is 0 Å². The maximum Gasteiger partial charge on any atom is 0.0708 e. The molecule has 2 N–H and O–H groups in total. The van der Waals surface area contributed by atoms with Crippen molar-refractivity contribution in [3.8, 4) is 0 Å². The first kappa shape index (κ1) is 7.53. The molecule has 0 amide bonds. The topological polar surface area (TPSA) is 38.5 Å². The fourth-order valence-electron chi connectivity index (χ4n) is 2.08. The average molecular weight is 156 g/mol.